The van der Waals surface area contributed by atoms with Crippen molar-refractivity contribution in [3.8, 4) is 16.9 Å². The largest absolute Gasteiger partial charge is 0.508 e. The predicted octanol–water partition coefficient (Wildman–Crippen LogP) is 5.71. The van der Waals surface area contributed by atoms with Gasteiger partial charge in [-0.15, -0.1) is 11.8 Å². The number of anilines is 1. The van der Waals surface area contributed by atoms with Crippen LogP contribution >= 0.6 is 11.8 Å². The molecule has 200 valence electrons. The Morgan fingerprint density at radius 2 is 1.56 bits per heavy atom. The summed E-state index contributed by atoms with van der Waals surface area (Å²) < 4.78 is 25.9. The average Bonchev–Trinajstić information content (AvgIpc) is 2.91. The highest BCUT2D eigenvalue weighted by atomic mass is 32.2. The van der Waals surface area contributed by atoms with Crippen molar-refractivity contribution in [2.75, 3.05) is 19.8 Å². The van der Waals surface area contributed by atoms with Gasteiger partial charge in [0.15, 0.2) is 9.84 Å². The fourth-order valence-corrected chi connectivity index (χ4v) is 6.47. The van der Waals surface area contributed by atoms with Gasteiger partial charge in [0.05, 0.1) is 10.6 Å². The third-order valence-electron chi connectivity index (χ3n) is 6.04. The van der Waals surface area contributed by atoms with E-state index in [-0.39, 0.29) is 11.5 Å². The van der Waals surface area contributed by atoms with Gasteiger partial charge in [-0.05, 0) is 47.9 Å². The lowest BCUT2D eigenvalue weighted by Gasteiger charge is -2.16. The highest BCUT2D eigenvalue weighted by Crippen LogP contribution is 2.36. The number of nitrogens with zero attached hydrogens (tertiary/aromatic N) is 3. The summed E-state index contributed by atoms with van der Waals surface area (Å²) in [6.07, 6.45) is 3.42. The molecule has 39 heavy (non-hydrogen) atoms. The summed E-state index contributed by atoms with van der Waals surface area (Å²) in [6.45, 7) is 1.93. The minimum absolute atomic E-state index is 0.0798. The second-order valence-electron chi connectivity index (χ2n) is 9.01. The molecule has 0 spiro atoms. The first-order valence-electron chi connectivity index (χ1n) is 12.2. The van der Waals surface area contributed by atoms with E-state index in [0.717, 1.165) is 33.4 Å². The van der Waals surface area contributed by atoms with Crippen LogP contribution in [0.3, 0.4) is 0 Å². The molecule has 1 aromatic heterocycles. The molecule has 0 radical (unpaired) electrons. The number of rotatable bonds is 9. The Labute approximate surface area is 233 Å². The van der Waals surface area contributed by atoms with Crippen LogP contribution in [0.5, 0.6) is 5.75 Å². The number of nitrogens with two attached hydrogens (primary N) is 1. The zero-order chi connectivity index (χ0) is 28.0. The number of phenolic OH excluding ortho intramolecular Hbond substituents is 1. The van der Waals surface area contributed by atoms with Crippen LogP contribution < -0.4 is 5.73 Å². The number of hydrogen-bond acceptors (Lipinski definition) is 8. The zero-order valence-corrected chi connectivity index (χ0v) is 23.6. The lowest BCUT2D eigenvalue weighted by molar-refractivity contribution is 0.475. The number of hydrogen-bond donors (Lipinski definition) is 2. The smallest absolute Gasteiger partial charge is 0.182 e. The van der Waals surface area contributed by atoms with Crippen molar-refractivity contribution in [2.24, 2.45) is 9.98 Å². The SMILES string of the molecule is CN=Cc1c(N)nc(SCc2cccc(CS(=O)(=O)c3ccc(C)cc3)c2)c(C=NC)c1-c1ccc(O)cc1. The molecule has 7 nitrogen and oxygen atoms in total. The van der Waals surface area contributed by atoms with Gasteiger partial charge in [-0.2, -0.15) is 0 Å². The summed E-state index contributed by atoms with van der Waals surface area (Å²) in [5, 5.41) is 10.5. The fourth-order valence-electron chi connectivity index (χ4n) is 4.18. The molecular weight excluding hydrogens is 528 g/mol. The van der Waals surface area contributed by atoms with E-state index in [4.69, 9.17) is 5.73 Å². The van der Waals surface area contributed by atoms with Crippen LogP contribution in [0.4, 0.5) is 5.82 Å². The predicted molar refractivity (Wildman–Crippen MR) is 161 cm³/mol. The molecule has 0 atom stereocenters. The van der Waals surface area contributed by atoms with Crippen molar-refractivity contribution in [3.63, 3.8) is 0 Å². The Kier molecular flexibility index (Phi) is 8.83. The summed E-state index contributed by atoms with van der Waals surface area (Å²) in [5.41, 5.74) is 12.2. The molecule has 1 heterocycles. The van der Waals surface area contributed by atoms with Crippen molar-refractivity contribution in [1.29, 1.82) is 0 Å². The molecule has 0 amide bonds. The molecule has 0 bridgehead atoms. The number of aromatic hydroxyl groups is 1. The van der Waals surface area contributed by atoms with E-state index in [1.165, 1.54) is 11.8 Å². The fraction of sp³-hybridized carbons (Fsp3) is 0.167. The van der Waals surface area contributed by atoms with Gasteiger partial charge < -0.3 is 10.8 Å². The topological polar surface area (TPSA) is 118 Å². The van der Waals surface area contributed by atoms with Crippen LogP contribution in [0.1, 0.15) is 27.8 Å². The minimum Gasteiger partial charge on any atom is -0.508 e. The van der Waals surface area contributed by atoms with Gasteiger partial charge in [-0.3, -0.25) is 9.98 Å². The molecule has 0 aliphatic heterocycles. The molecule has 0 aliphatic carbocycles. The quantitative estimate of drug-likeness (QED) is 0.201. The van der Waals surface area contributed by atoms with Crippen LogP contribution in [0.15, 0.2) is 92.7 Å². The van der Waals surface area contributed by atoms with E-state index in [0.29, 0.717) is 27.1 Å². The first-order valence-corrected chi connectivity index (χ1v) is 14.8. The second kappa shape index (κ2) is 12.3. The lowest BCUT2D eigenvalue weighted by Crippen LogP contribution is -2.07. The number of benzene rings is 3. The number of aliphatic imine (C=N–C) groups is 2. The Morgan fingerprint density at radius 1 is 0.923 bits per heavy atom. The molecule has 0 saturated heterocycles. The van der Waals surface area contributed by atoms with Crippen LogP contribution in [0.25, 0.3) is 11.1 Å². The Hall–Kier alpha value is -3.95. The van der Waals surface area contributed by atoms with E-state index in [2.05, 4.69) is 15.0 Å². The number of aromatic nitrogens is 1. The lowest BCUT2D eigenvalue weighted by atomic mass is 9.96. The Bertz CT molecular complexity index is 1630. The molecule has 0 aliphatic rings. The van der Waals surface area contributed by atoms with Gasteiger partial charge in [-0.1, -0.05) is 54.1 Å². The van der Waals surface area contributed by atoms with Gasteiger partial charge in [0.2, 0.25) is 0 Å². The normalized spacial score (nSPS) is 12.0. The van der Waals surface area contributed by atoms with E-state index in [9.17, 15) is 13.5 Å². The summed E-state index contributed by atoms with van der Waals surface area (Å²) in [7, 11) is -0.106. The first kappa shape index (κ1) is 28.1. The Balaban J connectivity index is 1.66. The summed E-state index contributed by atoms with van der Waals surface area (Å²) in [6, 6.07) is 21.4. The van der Waals surface area contributed by atoms with Crippen LogP contribution in [0.2, 0.25) is 0 Å². The van der Waals surface area contributed by atoms with Gasteiger partial charge in [-0.25, -0.2) is 13.4 Å². The molecule has 4 aromatic rings. The van der Waals surface area contributed by atoms with Crippen molar-refractivity contribution in [1.82, 2.24) is 4.98 Å². The number of phenols is 1. The molecule has 0 unspecified atom stereocenters. The molecule has 9 heteroatoms. The maximum Gasteiger partial charge on any atom is 0.182 e. The first-order chi connectivity index (χ1) is 18.7. The van der Waals surface area contributed by atoms with Crippen LogP contribution in [0, 0.1) is 6.92 Å². The maximum atomic E-state index is 13.0. The average molecular weight is 559 g/mol. The number of aryl methyl sites for hydroxylation is 1. The standard InChI is InChI=1S/C30H30N4O3S2/c1-20-7-13-25(14-8-20)39(36,37)19-22-6-4-5-21(15-22)18-38-30-27(17-33-3)28(23-9-11-24(35)12-10-23)26(16-32-2)29(31)34-30/h4-17,35H,18-19H2,1-3H3,(H2,31,34). The maximum absolute atomic E-state index is 13.0. The highest BCUT2D eigenvalue weighted by molar-refractivity contribution is 7.98. The van der Waals surface area contributed by atoms with E-state index in [1.54, 1.807) is 62.9 Å². The summed E-state index contributed by atoms with van der Waals surface area (Å²) in [5.74, 6) is 0.961. The van der Waals surface area contributed by atoms with Gasteiger partial charge in [0.1, 0.15) is 16.6 Å². The van der Waals surface area contributed by atoms with E-state index >= 15 is 0 Å². The van der Waals surface area contributed by atoms with Crippen molar-refractivity contribution < 1.29 is 13.5 Å². The van der Waals surface area contributed by atoms with E-state index < -0.39 is 9.84 Å². The molecule has 3 aromatic carbocycles. The van der Waals surface area contributed by atoms with Crippen molar-refractivity contribution in [2.45, 2.75) is 28.4 Å². The third-order valence-corrected chi connectivity index (χ3v) is 8.81. The minimum atomic E-state index is -3.47. The van der Waals surface area contributed by atoms with Crippen molar-refractivity contribution >= 4 is 39.8 Å². The number of thioether (sulfide) groups is 1. The molecule has 3 N–H and O–H groups in total. The number of pyridine rings is 1. The van der Waals surface area contributed by atoms with Gasteiger partial charge in [0.25, 0.3) is 0 Å². The monoisotopic (exact) mass is 558 g/mol. The second-order valence-corrected chi connectivity index (χ2v) is 12.0. The highest BCUT2D eigenvalue weighted by Gasteiger charge is 2.19. The van der Waals surface area contributed by atoms with Gasteiger partial charge in [0, 0.05) is 49.0 Å². The third kappa shape index (κ3) is 6.74. The molecular formula is C30H30N4O3S2. The molecule has 0 fully saturated rings. The number of nitrogen functional groups attached to an aromatic ring is 1. The number of sulfone groups is 1. The van der Waals surface area contributed by atoms with Crippen LogP contribution in [-0.4, -0.2) is 45.0 Å². The van der Waals surface area contributed by atoms with Gasteiger partial charge >= 0.3 is 0 Å². The summed E-state index contributed by atoms with van der Waals surface area (Å²) in [4.78, 5) is 13.4. The summed E-state index contributed by atoms with van der Waals surface area (Å²) >= 11 is 1.49. The molecule has 4 rings (SSSR count). The van der Waals surface area contributed by atoms with Crippen molar-refractivity contribution in [3.05, 3.63) is 101 Å². The van der Waals surface area contributed by atoms with E-state index in [1.807, 2.05) is 43.3 Å². The van der Waals surface area contributed by atoms with Crippen LogP contribution in [-0.2, 0) is 21.3 Å². The zero-order valence-electron chi connectivity index (χ0n) is 22.0. The molecule has 0 saturated carbocycles. The Morgan fingerprint density at radius 3 is 2.23 bits per heavy atom.